The molecule has 0 radical (unpaired) electrons. The Bertz CT molecular complexity index is 1460. The number of para-hydroxylation sites is 1. The van der Waals surface area contributed by atoms with Crippen LogP contribution in [0.5, 0.6) is 5.75 Å². The molecule has 13 heteroatoms. The van der Waals surface area contributed by atoms with Gasteiger partial charge >= 0.3 is 6.18 Å². The molecule has 4 aromatic rings. The summed E-state index contributed by atoms with van der Waals surface area (Å²) in [5.74, 6) is -0.392. The van der Waals surface area contributed by atoms with Crippen molar-refractivity contribution < 1.29 is 32.3 Å². The molecule has 1 aromatic carbocycles. The van der Waals surface area contributed by atoms with Gasteiger partial charge in [0.15, 0.2) is 11.5 Å². The second kappa shape index (κ2) is 9.89. The minimum Gasteiger partial charge on any atom is -0.495 e. The lowest BCUT2D eigenvalue weighted by Crippen LogP contribution is -2.25. The minimum atomic E-state index is -4.82. The van der Waals surface area contributed by atoms with Crippen LogP contribution in [0.3, 0.4) is 0 Å². The summed E-state index contributed by atoms with van der Waals surface area (Å²) < 4.78 is 54.5. The normalized spacial score (nSPS) is 14.4. The summed E-state index contributed by atoms with van der Waals surface area (Å²) in [5.41, 5.74) is -0.438. The van der Waals surface area contributed by atoms with Crippen LogP contribution < -0.4 is 10.1 Å². The van der Waals surface area contributed by atoms with Gasteiger partial charge in [-0.05, 0) is 38.0 Å². The third kappa shape index (κ3) is 4.84. The number of methoxy groups -OCH3 is 1. The molecule has 1 atom stereocenters. The largest absolute Gasteiger partial charge is 0.495 e. The highest BCUT2D eigenvalue weighted by Gasteiger charge is 2.41. The summed E-state index contributed by atoms with van der Waals surface area (Å²) in [6.45, 7) is 0.976. The van der Waals surface area contributed by atoms with E-state index < -0.39 is 18.0 Å². The van der Waals surface area contributed by atoms with Crippen LogP contribution in [-0.4, -0.2) is 55.2 Å². The number of aliphatic hydroxyl groups excluding tert-OH is 1. The Kier molecular flexibility index (Phi) is 6.61. The van der Waals surface area contributed by atoms with E-state index in [4.69, 9.17) is 9.26 Å². The second-order valence-corrected chi connectivity index (χ2v) is 8.90. The molecule has 1 amide bonds. The van der Waals surface area contributed by atoms with Gasteiger partial charge in [-0.15, -0.1) is 0 Å². The fourth-order valence-electron chi connectivity index (χ4n) is 4.19. The fourth-order valence-corrected chi connectivity index (χ4v) is 4.19. The van der Waals surface area contributed by atoms with Crippen LogP contribution in [0.4, 0.5) is 13.2 Å². The van der Waals surface area contributed by atoms with E-state index in [1.165, 1.54) is 32.6 Å². The van der Waals surface area contributed by atoms with Gasteiger partial charge < -0.3 is 19.7 Å². The molecule has 1 unspecified atom stereocenters. The summed E-state index contributed by atoms with van der Waals surface area (Å²) >= 11 is 0. The quantitative estimate of drug-likeness (QED) is 0.352. The number of aliphatic hydroxyl groups is 1. The number of rotatable bonds is 8. The van der Waals surface area contributed by atoms with Crippen LogP contribution in [0.15, 0.2) is 47.5 Å². The molecule has 5 rings (SSSR count). The Morgan fingerprint density at radius 2 is 2.08 bits per heavy atom. The molecule has 1 aliphatic rings. The summed E-state index contributed by atoms with van der Waals surface area (Å²) in [5, 5.41) is 20.6. The number of nitrogens with one attached hydrogen (secondary N) is 1. The van der Waals surface area contributed by atoms with E-state index in [-0.39, 0.29) is 58.1 Å². The van der Waals surface area contributed by atoms with E-state index in [9.17, 15) is 23.1 Å². The van der Waals surface area contributed by atoms with Gasteiger partial charge in [-0.25, -0.2) is 9.97 Å². The Balaban J connectivity index is 1.72. The van der Waals surface area contributed by atoms with Crippen LogP contribution in [0.2, 0.25) is 0 Å². The van der Waals surface area contributed by atoms with Crippen LogP contribution in [0.1, 0.15) is 35.8 Å². The van der Waals surface area contributed by atoms with Gasteiger partial charge in [0, 0.05) is 17.8 Å². The summed E-state index contributed by atoms with van der Waals surface area (Å²) in [4.78, 5) is 21.0. The summed E-state index contributed by atoms with van der Waals surface area (Å²) in [7, 11) is 1.39. The molecule has 0 aliphatic heterocycles. The Labute approximate surface area is 214 Å². The number of hydrogen-bond acceptors (Lipinski definition) is 8. The first-order valence-corrected chi connectivity index (χ1v) is 11.7. The van der Waals surface area contributed by atoms with Gasteiger partial charge in [0.1, 0.15) is 17.8 Å². The van der Waals surface area contributed by atoms with Crippen molar-refractivity contribution in [3.63, 3.8) is 0 Å². The number of aromatic nitrogens is 5. The first-order valence-electron chi connectivity index (χ1n) is 11.7. The zero-order valence-corrected chi connectivity index (χ0v) is 20.4. The molecule has 10 nitrogen and oxygen atoms in total. The van der Waals surface area contributed by atoms with Gasteiger partial charge in [0.05, 0.1) is 48.3 Å². The van der Waals surface area contributed by atoms with Crippen LogP contribution in [0.25, 0.3) is 33.8 Å². The number of halogens is 3. The zero-order valence-electron chi connectivity index (χ0n) is 20.4. The van der Waals surface area contributed by atoms with Crippen LogP contribution in [-0.2, 0) is 12.7 Å². The lowest BCUT2D eigenvalue weighted by molar-refractivity contribution is -0.144. The maximum Gasteiger partial charge on any atom is 0.433 e. The highest BCUT2D eigenvalue weighted by molar-refractivity contribution is 6.01. The Morgan fingerprint density at radius 3 is 2.71 bits per heavy atom. The molecule has 0 spiro atoms. The predicted molar refractivity (Wildman–Crippen MR) is 128 cm³/mol. The molecule has 3 heterocycles. The molecule has 3 aromatic heterocycles. The Hall–Kier alpha value is -4.26. The standard InChI is InChI=1S/C25H23F3N6O4/c1-13(35)11-34-23(25(26,27)28)17(10-31-34)22-19(18-8-9-29-12-30-18)20(33-38-22)15-4-3-5-16(21(15)37-2)24(36)32-14-6-7-14/h3-5,8-10,12-14,35H,6-7,11H2,1-2H3,(H,32,36). The minimum absolute atomic E-state index is 0.102. The molecule has 2 N–H and O–H groups in total. The third-order valence-electron chi connectivity index (χ3n) is 5.95. The van der Waals surface area contributed by atoms with E-state index in [0.717, 1.165) is 19.0 Å². The molecule has 1 saturated carbocycles. The fraction of sp³-hybridized carbons (Fsp3) is 0.320. The smallest absolute Gasteiger partial charge is 0.433 e. The van der Waals surface area contributed by atoms with E-state index in [0.29, 0.717) is 10.2 Å². The molecule has 0 saturated heterocycles. The number of carbonyl (C=O) groups excluding carboxylic acids is 1. The number of alkyl halides is 3. The van der Waals surface area contributed by atoms with E-state index in [1.54, 1.807) is 18.2 Å². The molecule has 1 fully saturated rings. The van der Waals surface area contributed by atoms with Gasteiger partial charge in [0.2, 0.25) is 0 Å². The zero-order chi connectivity index (χ0) is 27.0. The average molecular weight is 528 g/mol. The Morgan fingerprint density at radius 1 is 1.29 bits per heavy atom. The van der Waals surface area contributed by atoms with Crippen molar-refractivity contribution in [1.82, 2.24) is 30.2 Å². The van der Waals surface area contributed by atoms with Gasteiger partial charge in [-0.2, -0.15) is 18.3 Å². The molecule has 38 heavy (non-hydrogen) atoms. The molecule has 1 aliphatic carbocycles. The van der Waals surface area contributed by atoms with E-state index in [2.05, 4.69) is 25.5 Å². The van der Waals surface area contributed by atoms with Crippen molar-refractivity contribution in [1.29, 1.82) is 0 Å². The number of carbonyl (C=O) groups is 1. The predicted octanol–water partition coefficient (Wildman–Crippen LogP) is 3.96. The third-order valence-corrected chi connectivity index (χ3v) is 5.95. The molecule has 0 bridgehead atoms. The van der Waals surface area contributed by atoms with Crippen molar-refractivity contribution in [2.24, 2.45) is 0 Å². The maximum atomic E-state index is 14.2. The maximum absolute atomic E-state index is 14.2. The van der Waals surface area contributed by atoms with E-state index >= 15 is 0 Å². The van der Waals surface area contributed by atoms with Crippen LogP contribution in [0, 0.1) is 0 Å². The van der Waals surface area contributed by atoms with Gasteiger partial charge in [0.25, 0.3) is 5.91 Å². The highest BCUT2D eigenvalue weighted by Crippen LogP contribution is 2.46. The lowest BCUT2D eigenvalue weighted by Gasteiger charge is -2.14. The van der Waals surface area contributed by atoms with Gasteiger partial charge in [-0.3, -0.25) is 9.48 Å². The topological polar surface area (TPSA) is 128 Å². The SMILES string of the molecule is COc1c(C(=O)NC2CC2)cccc1-c1noc(-c2cnn(CC(C)O)c2C(F)(F)F)c1-c1ccncn1. The first-order chi connectivity index (χ1) is 18.2. The number of nitrogens with zero attached hydrogens (tertiary/aromatic N) is 5. The lowest BCUT2D eigenvalue weighted by atomic mass is 9.97. The monoisotopic (exact) mass is 528 g/mol. The number of ether oxygens (including phenoxy) is 1. The molecular weight excluding hydrogens is 505 g/mol. The van der Waals surface area contributed by atoms with Crippen molar-refractivity contribution in [2.45, 2.75) is 44.6 Å². The summed E-state index contributed by atoms with van der Waals surface area (Å²) in [6, 6.07) is 6.45. The second-order valence-electron chi connectivity index (χ2n) is 8.90. The van der Waals surface area contributed by atoms with Crippen LogP contribution >= 0.6 is 0 Å². The average Bonchev–Trinajstić information content (AvgIpc) is 3.42. The number of hydrogen-bond donors (Lipinski definition) is 2. The van der Waals surface area contributed by atoms with Crippen molar-refractivity contribution in [3.8, 4) is 39.6 Å². The van der Waals surface area contributed by atoms with Crippen molar-refractivity contribution >= 4 is 5.91 Å². The first kappa shape index (κ1) is 25.4. The number of benzene rings is 1. The molecular formula is C25H23F3N6O4. The highest BCUT2D eigenvalue weighted by atomic mass is 19.4. The summed E-state index contributed by atoms with van der Waals surface area (Å²) in [6.07, 6.45) is -0.434. The van der Waals surface area contributed by atoms with Gasteiger partial charge in [-0.1, -0.05) is 11.2 Å². The number of amides is 1. The van der Waals surface area contributed by atoms with E-state index in [1.807, 2.05) is 0 Å². The van der Waals surface area contributed by atoms with Crippen molar-refractivity contribution in [3.05, 3.63) is 54.2 Å². The van der Waals surface area contributed by atoms with Crippen molar-refractivity contribution in [2.75, 3.05) is 7.11 Å². The molecule has 198 valence electrons.